The van der Waals surface area contributed by atoms with E-state index in [1.165, 1.54) is 44.8 Å². The second kappa shape index (κ2) is 10.7. The largest absolute Gasteiger partial charge is 0.356 e. The van der Waals surface area contributed by atoms with Crippen LogP contribution in [-0.2, 0) is 6.54 Å². The molecule has 1 saturated heterocycles. The molecule has 0 atom stereocenters. The number of nitrogens with one attached hydrogen (secondary N) is 2. The second-order valence-corrected chi connectivity index (χ2v) is 6.38. The van der Waals surface area contributed by atoms with Gasteiger partial charge >= 0.3 is 0 Å². The van der Waals surface area contributed by atoms with E-state index in [9.17, 15) is 4.39 Å². The highest BCUT2D eigenvalue weighted by Crippen LogP contribution is 2.10. The minimum Gasteiger partial charge on any atom is -0.356 e. The molecular weight excluding hydrogens is 317 g/mol. The Morgan fingerprint density at radius 3 is 2.64 bits per heavy atom. The molecule has 1 aliphatic rings. The van der Waals surface area contributed by atoms with Crippen LogP contribution in [0, 0.1) is 17.1 Å². The molecule has 5 nitrogen and oxygen atoms in total. The Morgan fingerprint density at radius 2 is 2.00 bits per heavy atom. The van der Waals surface area contributed by atoms with Crippen LogP contribution in [0.5, 0.6) is 0 Å². The lowest BCUT2D eigenvalue weighted by molar-refractivity contribution is 0.282. The van der Waals surface area contributed by atoms with Crippen molar-refractivity contribution in [2.75, 3.05) is 33.2 Å². The number of likely N-dealkylation sites (tertiary alicyclic amines) is 1. The van der Waals surface area contributed by atoms with Crippen molar-refractivity contribution in [3.63, 3.8) is 0 Å². The zero-order chi connectivity index (χ0) is 17.9. The first kappa shape index (κ1) is 19.2. The molecule has 0 unspecified atom stereocenters. The van der Waals surface area contributed by atoms with Crippen molar-refractivity contribution in [3.05, 3.63) is 35.1 Å². The molecule has 1 heterocycles. The van der Waals surface area contributed by atoms with Gasteiger partial charge in [0.25, 0.3) is 0 Å². The van der Waals surface area contributed by atoms with E-state index in [0.717, 1.165) is 19.5 Å². The lowest BCUT2D eigenvalue weighted by Crippen LogP contribution is -2.38. The summed E-state index contributed by atoms with van der Waals surface area (Å²) in [4.78, 5) is 6.71. The summed E-state index contributed by atoms with van der Waals surface area (Å²) in [5, 5.41) is 15.2. The lowest BCUT2D eigenvalue weighted by Gasteiger charge is -2.20. The van der Waals surface area contributed by atoms with E-state index < -0.39 is 0 Å². The zero-order valence-corrected chi connectivity index (χ0v) is 15.0. The first-order valence-electron chi connectivity index (χ1n) is 9.08. The number of hydrogen-bond acceptors (Lipinski definition) is 3. The molecule has 136 valence electrons. The van der Waals surface area contributed by atoms with Gasteiger partial charge in [-0.25, -0.2) is 4.39 Å². The van der Waals surface area contributed by atoms with E-state index in [2.05, 4.69) is 20.5 Å². The van der Waals surface area contributed by atoms with Gasteiger partial charge in [-0.1, -0.05) is 18.9 Å². The van der Waals surface area contributed by atoms with Gasteiger partial charge in [-0.3, -0.25) is 4.99 Å². The fourth-order valence-electron chi connectivity index (χ4n) is 3.03. The number of aliphatic imine (C=N–C) groups is 1. The Hall–Kier alpha value is -2.13. The van der Waals surface area contributed by atoms with Gasteiger partial charge in [-0.05, 0) is 51.0 Å². The smallest absolute Gasteiger partial charge is 0.191 e. The van der Waals surface area contributed by atoms with Crippen molar-refractivity contribution < 1.29 is 4.39 Å². The van der Waals surface area contributed by atoms with Crippen LogP contribution in [0.15, 0.2) is 23.2 Å². The molecule has 6 heteroatoms. The first-order valence-corrected chi connectivity index (χ1v) is 9.08. The number of guanidine groups is 1. The average molecular weight is 345 g/mol. The quantitative estimate of drug-likeness (QED) is 0.473. The van der Waals surface area contributed by atoms with E-state index in [1.807, 2.05) is 6.07 Å². The fraction of sp³-hybridized carbons (Fsp3) is 0.579. The molecule has 0 radical (unpaired) electrons. The predicted octanol–water partition coefficient (Wildman–Crippen LogP) is 2.63. The monoisotopic (exact) mass is 345 g/mol. The topological polar surface area (TPSA) is 63.5 Å². The molecule has 1 aromatic carbocycles. The molecule has 25 heavy (non-hydrogen) atoms. The van der Waals surface area contributed by atoms with Crippen LogP contribution in [0.25, 0.3) is 0 Å². The van der Waals surface area contributed by atoms with Gasteiger partial charge in [0.05, 0.1) is 11.6 Å². The summed E-state index contributed by atoms with van der Waals surface area (Å²) in [6, 6.07) is 6.45. The van der Waals surface area contributed by atoms with Crippen LogP contribution in [0.3, 0.4) is 0 Å². The SMILES string of the molecule is CN=C(NCCCN1CCCCCC1)NCc1ccc(C#N)cc1F. The van der Waals surface area contributed by atoms with Crippen molar-refractivity contribution in [3.8, 4) is 6.07 Å². The molecule has 1 aromatic rings. The third-order valence-corrected chi connectivity index (χ3v) is 4.49. The lowest BCUT2D eigenvalue weighted by atomic mass is 10.1. The van der Waals surface area contributed by atoms with Crippen LogP contribution in [0.1, 0.15) is 43.2 Å². The van der Waals surface area contributed by atoms with Crippen molar-refractivity contribution in [2.24, 2.45) is 4.99 Å². The third kappa shape index (κ3) is 6.71. The summed E-state index contributed by atoms with van der Waals surface area (Å²) in [5.41, 5.74) is 0.851. The van der Waals surface area contributed by atoms with Crippen molar-refractivity contribution in [1.82, 2.24) is 15.5 Å². The molecular formula is C19H28FN5. The first-order chi connectivity index (χ1) is 12.2. The molecule has 0 amide bonds. The molecule has 0 saturated carbocycles. The van der Waals surface area contributed by atoms with Gasteiger partial charge < -0.3 is 15.5 Å². The molecule has 2 rings (SSSR count). The van der Waals surface area contributed by atoms with E-state index in [4.69, 9.17) is 5.26 Å². The predicted molar refractivity (Wildman–Crippen MR) is 98.8 cm³/mol. The van der Waals surface area contributed by atoms with Gasteiger partial charge in [-0.15, -0.1) is 0 Å². The Balaban J connectivity index is 1.69. The second-order valence-electron chi connectivity index (χ2n) is 6.38. The maximum absolute atomic E-state index is 13.9. The highest BCUT2D eigenvalue weighted by molar-refractivity contribution is 5.79. The van der Waals surface area contributed by atoms with Gasteiger partial charge in [0, 0.05) is 25.7 Å². The van der Waals surface area contributed by atoms with Crippen LogP contribution < -0.4 is 10.6 Å². The summed E-state index contributed by atoms with van der Waals surface area (Å²) in [6.45, 7) is 4.71. The highest BCUT2D eigenvalue weighted by Gasteiger charge is 2.08. The summed E-state index contributed by atoms with van der Waals surface area (Å²) in [6.07, 6.45) is 6.40. The van der Waals surface area contributed by atoms with Gasteiger partial charge in [-0.2, -0.15) is 5.26 Å². The zero-order valence-electron chi connectivity index (χ0n) is 15.0. The minimum atomic E-state index is -0.372. The van der Waals surface area contributed by atoms with Gasteiger partial charge in [0.15, 0.2) is 5.96 Å². The van der Waals surface area contributed by atoms with E-state index >= 15 is 0 Å². The Kier molecular flexibility index (Phi) is 8.20. The number of nitrogens with zero attached hydrogens (tertiary/aromatic N) is 3. The van der Waals surface area contributed by atoms with Crippen molar-refractivity contribution >= 4 is 5.96 Å². The summed E-state index contributed by atoms with van der Waals surface area (Å²) in [7, 11) is 1.71. The average Bonchev–Trinajstić information content (AvgIpc) is 2.90. The number of benzene rings is 1. The fourth-order valence-corrected chi connectivity index (χ4v) is 3.03. The van der Waals surface area contributed by atoms with Crippen molar-refractivity contribution in [2.45, 2.75) is 38.6 Å². The van der Waals surface area contributed by atoms with Crippen LogP contribution in [0.2, 0.25) is 0 Å². The summed E-state index contributed by atoms with van der Waals surface area (Å²) >= 11 is 0. The molecule has 2 N–H and O–H groups in total. The van der Waals surface area contributed by atoms with Crippen LogP contribution >= 0.6 is 0 Å². The van der Waals surface area contributed by atoms with Gasteiger partial charge in [0.2, 0.25) is 0 Å². The molecule has 0 aliphatic carbocycles. The molecule has 0 bridgehead atoms. The number of hydrogen-bond donors (Lipinski definition) is 2. The molecule has 0 aromatic heterocycles. The van der Waals surface area contributed by atoms with E-state index in [0.29, 0.717) is 23.6 Å². The maximum Gasteiger partial charge on any atom is 0.191 e. The van der Waals surface area contributed by atoms with E-state index in [-0.39, 0.29) is 5.82 Å². The highest BCUT2D eigenvalue weighted by atomic mass is 19.1. The third-order valence-electron chi connectivity index (χ3n) is 4.49. The van der Waals surface area contributed by atoms with Gasteiger partial charge in [0.1, 0.15) is 5.82 Å². The molecule has 0 spiro atoms. The minimum absolute atomic E-state index is 0.331. The summed E-state index contributed by atoms with van der Waals surface area (Å²) < 4.78 is 13.9. The Labute approximate surface area is 149 Å². The number of halogens is 1. The van der Waals surface area contributed by atoms with Crippen molar-refractivity contribution in [1.29, 1.82) is 5.26 Å². The Morgan fingerprint density at radius 1 is 1.24 bits per heavy atom. The summed E-state index contributed by atoms with van der Waals surface area (Å²) in [5.74, 6) is 0.294. The number of nitriles is 1. The Bertz CT molecular complexity index is 600. The molecule has 1 fully saturated rings. The normalized spacial score (nSPS) is 16.1. The van der Waals surface area contributed by atoms with E-state index in [1.54, 1.807) is 19.2 Å². The maximum atomic E-state index is 13.9. The van der Waals surface area contributed by atoms with Crippen LogP contribution in [-0.4, -0.2) is 44.1 Å². The number of rotatable bonds is 6. The van der Waals surface area contributed by atoms with Crippen LogP contribution in [0.4, 0.5) is 4.39 Å². The molecule has 1 aliphatic heterocycles. The standard InChI is InChI=1S/C19H28FN5/c1-22-19(23-9-6-12-25-10-4-2-3-5-11-25)24-15-17-8-7-16(14-21)13-18(17)20/h7-8,13H,2-6,9-12,15H2,1H3,(H2,22,23,24).